The van der Waals surface area contributed by atoms with E-state index in [9.17, 15) is 13.7 Å². The minimum absolute atomic E-state index is 0.0229. The van der Waals surface area contributed by atoms with E-state index in [-0.39, 0.29) is 10.6 Å². The van der Waals surface area contributed by atoms with E-state index in [1.54, 1.807) is 60.9 Å². The lowest BCUT2D eigenvalue weighted by molar-refractivity contribution is -0.127. The summed E-state index contributed by atoms with van der Waals surface area (Å²) in [4.78, 5) is 23.6. The smallest absolute Gasteiger partial charge is 0.271 e. The fourth-order valence-corrected chi connectivity index (χ4v) is 7.78. The van der Waals surface area contributed by atoms with Gasteiger partial charge in [-0.1, -0.05) is 37.3 Å². The second kappa shape index (κ2) is 11.8. The van der Waals surface area contributed by atoms with E-state index in [0.717, 1.165) is 22.0 Å². The first-order valence-corrected chi connectivity index (χ1v) is 16.2. The number of piperazine rings is 1. The van der Waals surface area contributed by atoms with Gasteiger partial charge >= 0.3 is 0 Å². The summed E-state index contributed by atoms with van der Waals surface area (Å²) in [6.45, 7) is 6.30. The molecule has 9 nitrogen and oxygen atoms in total. The molecule has 10 heteroatoms. The number of carbonyl (C=O) groups is 1. The third kappa shape index (κ3) is 4.69. The minimum Gasteiger partial charge on any atom is -0.493 e. The van der Waals surface area contributed by atoms with Crippen molar-refractivity contribution in [1.82, 2.24) is 9.88 Å². The van der Waals surface area contributed by atoms with Crippen molar-refractivity contribution in [3.63, 3.8) is 0 Å². The van der Waals surface area contributed by atoms with Crippen LogP contribution in [0.4, 0.5) is 11.4 Å². The number of sulfonamides is 1. The number of para-hydroxylation sites is 1. The number of carbonyl (C=O) groups excluding carboxylic acids is 1. The molecule has 2 aliphatic rings. The van der Waals surface area contributed by atoms with Crippen LogP contribution in [0.15, 0.2) is 96.2 Å². The second-order valence-electron chi connectivity index (χ2n) is 10.7. The predicted octanol–water partition coefficient (Wildman–Crippen LogP) is 4.72. The Morgan fingerprint density at radius 3 is 2.27 bits per heavy atom. The highest BCUT2D eigenvalue weighted by atomic mass is 32.2. The van der Waals surface area contributed by atoms with Crippen molar-refractivity contribution in [2.75, 3.05) is 42.0 Å². The molecule has 0 bridgehead atoms. The Labute approximate surface area is 258 Å². The van der Waals surface area contributed by atoms with Gasteiger partial charge in [0, 0.05) is 55.4 Å². The highest BCUT2D eigenvalue weighted by molar-refractivity contribution is 7.93. The van der Waals surface area contributed by atoms with Gasteiger partial charge in [-0.15, -0.1) is 0 Å². The maximum absolute atomic E-state index is 15.2. The Bertz CT molecular complexity index is 1830. The van der Waals surface area contributed by atoms with E-state index >= 15 is 4.79 Å². The number of fused-ring (bicyclic) bond motifs is 1. The van der Waals surface area contributed by atoms with Crippen LogP contribution in [0.25, 0.3) is 0 Å². The number of aryl methyl sites for hydroxylation is 1. The Kier molecular flexibility index (Phi) is 7.84. The van der Waals surface area contributed by atoms with Gasteiger partial charge in [0.1, 0.15) is 5.75 Å². The highest BCUT2D eigenvalue weighted by Crippen LogP contribution is 2.53. The minimum atomic E-state index is -4.33. The van der Waals surface area contributed by atoms with Crippen LogP contribution in [0.2, 0.25) is 0 Å². The molecule has 4 aromatic rings. The van der Waals surface area contributed by atoms with Crippen molar-refractivity contribution in [3.8, 4) is 11.8 Å². The van der Waals surface area contributed by atoms with E-state index in [1.807, 2.05) is 49.1 Å². The molecule has 1 saturated heterocycles. The molecule has 0 N–H and O–H groups in total. The number of nitrogens with zero attached hydrogens (tertiary/aromatic N) is 5. The van der Waals surface area contributed by atoms with Gasteiger partial charge in [-0.2, -0.15) is 5.26 Å². The summed E-state index contributed by atoms with van der Waals surface area (Å²) in [6.07, 6.45) is 4.25. The summed E-state index contributed by atoms with van der Waals surface area (Å²) >= 11 is 0. The first-order chi connectivity index (χ1) is 21.4. The fourth-order valence-electron chi connectivity index (χ4n) is 6.32. The number of amides is 1. The molecule has 1 amide bonds. The van der Waals surface area contributed by atoms with Gasteiger partial charge in [-0.05, 0) is 67.4 Å². The van der Waals surface area contributed by atoms with Gasteiger partial charge in [0.05, 0.1) is 28.8 Å². The molecule has 6 rings (SSSR count). The number of aromatic nitrogens is 1. The van der Waals surface area contributed by atoms with Crippen molar-refractivity contribution in [1.29, 1.82) is 5.26 Å². The lowest BCUT2D eigenvalue weighted by Gasteiger charge is -2.46. The van der Waals surface area contributed by atoms with E-state index in [2.05, 4.69) is 16.0 Å². The van der Waals surface area contributed by atoms with Crippen LogP contribution >= 0.6 is 0 Å². The van der Waals surface area contributed by atoms with Crippen LogP contribution in [0.1, 0.15) is 36.1 Å². The van der Waals surface area contributed by atoms with Gasteiger partial charge in [-0.3, -0.25) is 14.7 Å². The number of nitriles is 1. The van der Waals surface area contributed by atoms with E-state index < -0.39 is 21.5 Å². The molecule has 3 heterocycles. The summed E-state index contributed by atoms with van der Waals surface area (Å²) in [5, 5.41) is 9.92. The molecule has 3 aromatic carbocycles. The molecule has 1 unspecified atom stereocenters. The summed E-state index contributed by atoms with van der Waals surface area (Å²) in [6, 6.07) is 24.8. The van der Waals surface area contributed by atoms with Crippen molar-refractivity contribution >= 4 is 27.3 Å². The molecule has 44 heavy (non-hydrogen) atoms. The molecule has 224 valence electrons. The van der Waals surface area contributed by atoms with Crippen LogP contribution in [0.5, 0.6) is 5.75 Å². The summed E-state index contributed by atoms with van der Waals surface area (Å²) < 4.78 is 35.8. The number of benzene rings is 3. The number of rotatable bonds is 8. The normalized spacial score (nSPS) is 18.6. The Hall–Kier alpha value is -4.72. The Morgan fingerprint density at radius 2 is 1.61 bits per heavy atom. The van der Waals surface area contributed by atoms with Crippen LogP contribution in [-0.4, -0.2) is 57.0 Å². The molecule has 2 aliphatic heterocycles. The fraction of sp³-hybridized carbons (Fsp3) is 0.265. The quantitative estimate of drug-likeness (QED) is 0.283. The van der Waals surface area contributed by atoms with Crippen LogP contribution < -0.4 is 13.9 Å². The highest BCUT2D eigenvalue weighted by Gasteiger charge is 2.60. The molecule has 0 saturated carbocycles. The van der Waals surface area contributed by atoms with E-state index in [4.69, 9.17) is 4.74 Å². The third-order valence-corrected chi connectivity index (χ3v) is 10.2. The van der Waals surface area contributed by atoms with Crippen molar-refractivity contribution < 1.29 is 17.9 Å². The second-order valence-corrected chi connectivity index (χ2v) is 12.5. The third-order valence-electron chi connectivity index (χ3n) is 8.46. The van der Waals surface area contributed by atoms with Crippen molar-refractivity contribution in [2.45, 2.75) is 30.7 Å². The van der Waals surface area contributed by atoms with Crippen LogP contribution in [0, 0.1) is 11.3 Å². The van der Waals surface area contributed by atoms with Gasteiger partial charge < -0.3 is 9.64 Å². The van der Waals surface area contributed by atoms with Gasteiger partial charge in [0.15, 0.2) is 5.54 Å². The summed E-state index contributed by atoms with van der Waals surface area (Å²) in [5.74, 6) is -0.133. The number of hydrogen-bond donors (Lipinski definition) is 0. The maximum atomic E-state index is 15.2. The maximum Gasteiger partial charge on any atom is 0.271 e. The molecule has 0 aliphatic carbocycles. The lowest BCUT2D eigenvalue weighted by Crippen LogP contribution is -2.60. The first kappa shape index (κ1) is 29.4. The SMILES string of the molecule is CCOc1ccccc1C1(N2CCN(c3ccncc3)CC2)C(=O)N(S(=O)(=O)c2ccc(CC)cc2)c2ccc(C#N)cc21. The van der Waals surface area contributed by atoms with Crippen LogP contribution in [-0.2, 0) is 26.8 Å². The predicted molar refractivity (Wildman–Crippen MR) is 168 cm³/mol. The topological polar surface area (TPSA) is 107 Å². The molecule has 1 atom stereocenters. The molecule has 0 spiro atoms. The largest absolute Gasteiger partial charge is 0.493 e. The zero-order valence-electron chi connectivity index (χ0n) is 24.7. The number of ether oxygens (including phenoxy) is 1. The van der Waals surface area contributed by atoms with E-state index in [1.165, 1.54) is 0 Å². The molecular formula is C34H33N5O4S. The monoisotopic (exact) mass is 607 g/mol. The zero-order chi connectivity index (χ0) is 30.9. The summed E-state index contributed by atoms with van der Waals surface area (Å²) in [7, 11) is -4.33. The Balaban J connectivity index is 1.56. The number of pyridine rings is 1. The first-order valence-electron chi connectivity index (χ1n) is 14.7. The van der Waals surface area contributed by atoms with E-state index in [0.29, 0.717) is 55.2 Å². The Morgan fingerprint density at radius 1 is 0.909 bits per heavy atom. The molecule has 0 radical (unpaired) electrons. The van der Waals surface area contributed by atoms with Gasteiger partial charge in [0.25, 0.3) is 15.9 Å². The van der Waals surface area contributed by atoms with Gasteiger partial charge in [-0.25, -0.2) is 12.7 Å². The standard InChI is InChI=1S/C34H33N5O4S/c1-3-25-9-12-28(13-10-25)44(41,42)39-31-14-11-26(24-35)23-30(31)34(33(39)40,29-7-5-6-8-32(29)43-4-2)38-21-19-37(20-22-38)27-15-17-36-18-16-27/h5-18,23H,3-4,19-22H2,1-2H3. The zero-order valence-corrected chi connectivity index (χ0v) is 25.5. The summed E-state index contributed by atoms with van der Waals surface area (Å²) in [5.41, 5.74) is 2.00. The van der Waals surface area contributed by atoms with Crippen molar-refractivity contribution in [2.24, 2.45) is 0 Å². The number of hydrogen-bond acceptors (Lipinski definition) is 8. The van der Waals surface area contributed by atoms with Gasteiger partial charge in [0.2, 0.25) is 0 Å². The molecule has 1 aromatic heterocycles. The van der Waals surface area contributed by atoms with Crippen molar-refractivity contribution in [3.05, 3.63) is 114 Å². The average molecular weight is 608 g/mol. The average Bonchev–Trinajstić information content (AvgIpc) is 3.34. The molecular weight excluding hydrogens is 574 g/mol. The van der Waals surface area contributed by atoms with Crippen LogP contribution in [0.3, 0.4) is 0 Å². The lowest BCUT2D eigenvalue weighted by atomic mass is 9.80. The number of anilines is 2. The molecule has 1 fully saturated rings.